The molecule has 0 fully saturated rings. The lowest BCUT2D eigenvalue weighted by atomic mass is 10.00. The number of thioether (sulfide) groups is 1. The standard InChI is InChI=1S/C21H26N2O3S/c1-14-5-6-15(2)19(11-14)16(3)22-20(24)12-27-13-21(25)23-17-7-9-18(26-4)10-8-17/h5-11,16H,12-13H2,1-4H3,(H,22,24)(H,23,25). The number of amides is 2. The highest BCUT2D eigenvalue weighted by Gasteiger charge is 2.13. The van der Waals surface area contributed by atoms with Gasteiger partial charge in [-0.15, -0.1) is 11.8 Å². The molecule has 0 aliphatic rings. The van der Waals surface area contributed by atoms with Crippen LogP contribution in [0.5, 0.6) is 5.75 Å². The van der Waals surface area contributed by atoms with Crippen molar-refractivity contribution < 1.29 is 14.3 Å². The monoisotopic (exact) mass is 386 g/mol. The fourth-order valence-electron chi connectivity index (χ4n) is 2.70. The van der Waals surface area contributed by atoms with E-state index in [2.05, 4.69) is 28.8 Å². The van der Waals surface area contributed by atoms with Crippen LogP contribution in [-0.2, 0) is 9.59 Å². The minimum Gasteiger partial charge on any atom is -0.497 e. The Bertz CT molecular complexity index is 791. The normalized spacial score (nSPS) is 11.6. The Morgan fingerprint density at radius 3 is 2.37 bits per heavy atom. The first-order chi connectivity index (χ1) is 12.9. The fraction of sp³-hybridized carbons (Fsp3) is 0.333. The molecule has 0 spiro atoms. The second kappa shape index (κ2) is 10.0. The van der Waals surface area contributed by atoms with Gasteiger partial charge in [-0.2, -0.15) is 0 Å². The van der Waals surface area contributed by atoms with E-state index in [4.69, 9.17) is 4.74 Å². The number of nitrogens with one attached hydrogen (secondary N) is 2. The van der Waals surface area contributed by atoms with Crippen molar-refractivity contribution in [3.05, 3.63) is 59.2 Å². The summed E-state index contributed by atoms with van der Waals surface area (Å²) in [5, 5.41) is 5.80. The molecule has 2 rings (SSSR count). The summed E-state index contributed by atoms with van der Waals surface area (Å²) in [4.78, 5) is 24.1. The summed E-state index contributed by atoms with van der Waals surface area (Å²) in [5.74, 6) is 0.978. The Kier molecular flexibility index (Phi) is 7.73. The number of rotatable bonds is 8. The van der Waals surface area contributed by atoms with Gasteiger partial charge in [0.05, 0.1) is 24.7 Å². The van der Waals surface area contributed by atoms with Crippen molar-refractivity contribution in [3.8, 4) is 5.75 Å². The van der Waals surface area contributed by atoms with Crippen molar-refractivity contribution in [3.63, 3.8) is 0 Å². The summed E-state index contributed by atoms with van der Waals surface area (Å²) in [7, 11) is 1.59. The third-order valence-corrected chi connectivity index (χ3v) is 5.05. The van der Waals surface area contributed by atoms with Gasteiger partial charge in [0.25, 0.3) is 0 Å². The molecule has 0 heterocycles. The average molecular weight is 387 g/mol. The van der Waals surface area contributed by atoms with Crippen molar-refractivity contribution in [2.45, 2.75) is 26.8 Å². The predicted molar refractivity (Wildman–Crippen MR) is 111 cm³/mol. The SMILES string of the molecule is COc1ccc(NC(=O)CSCC(=O)NC(C)c2cc(C)ccc2C)cc1. The zero-order valence-corrected chi connectivity index (χ0v) is 17.0. The van der Waals surface area contributed by atoms with Crippen LogP contribution in [0.2, 0.25) is 0 Å². The summed E-state index contributed by atoms with van der Waals surface area (Å²) in [6, 6.07) is 13.3. The lowest BCUT2D eigenvalue weighted by Crippen LogP contribution is -2.29. The number of carbonyl (C=O) groups is 2. The zero-order chi connectivity index (χ0) is 19.8. The van der Waals surface area contributed by atoms with Gasteiger partial charge >= 0.3 is 0 Å². The predicted octanol–water partition coefficient (Wildman–Crippen LogP) is 3.86. The summed E-state index contributed by atoms with van der Waals surface area (Å²) >= 11 is 1.29. The number of carbonyl (C=O) groups excluding carboxylic acids is 2. The van der Waals surface area contributed by atoms with Crippen molar-refractivity contribution in [2.75, 3.05) is 23.9 Å². The minimum atomic E-state index is -0.138. The zero-order valence-electron chi connectivity index (χ0n) is 16.2. The van der Waals surface area contributed by atoms with E-state index in [9.17, 15) is 9.59 Å². The summed E-state index contributed by atoms with van der Waals surface area (Å²) < 4.78 is 5.08. The molecule has 0 aromatic heterocycles. The summed E-state index contributed by atoms with van der Waals surface area (Å²) in [6.07, 6.45) is 0. The second-order valence-corrected chi connectivity index (χ2v) is 7.40. The maximum atomic E-state index is 12.2. The smallest absolute Gasteiger partial charge is 0.234 e. The molecule has 2 aromatic rings. The van der Waals surface area contributed by atoms with E-state index in [1.165, 1.54) is 17.3 Å². The molecular weight excluding hydrogens is 360 g/mol. The molecule has 6 heteroatoms. The highest BCUT2D eigenvalue weighted by molar-refractivity contribution is 8.00. The van der Waals surface area contributed by atoms with Crippen LogP contribution < -0.4 is 15.4 Å². The van der Waals surface area contributed by atoms with Gasteiger partial charge in [-0.3, -0.25) is 9.59 Å². The lowest BCUT2D eigenvalue weighted by Gasteiger charge is -2.17. The Morgan fingerprint density at radius 1 is 1.04 bits per heavy atom. The largest absolute Gasteiger partial charge is 0.497 e. The van der Waals surface area contributed by atoms with Gasteiger partial charge in [0.1, 0.15) is 5.75 Å². The minimum absolute atomic E-state index is 0.0638. The van der Waals surface area contributed by atoms with E-state index >= 15 is 0 Å². The van der Waals surface area contributed by atoms with E-state index in [1.54, 1.807) is 31.4 Å². The first-order valence-corrected chi connectivity index (χ1v) is 9.92. The van der Waals surface area contributed by atoms with Crippen LogP contribution in [-0.4, -0.2) is 30.4 Å². The third-order valence-electron chi connectivity index (χ3n) is 4.12. The van der Waals surface area contributed by atoms with Crippen LogP contribution in [0.3, 0.4) is 0 Å². The Labute approximate surface area is 164 Å². The van der Waals surface area contributed by atoms with Crippen molar-refractivity contribution >= 4 is 29.3 Å². The number of hydrogen-bond acceptors (Lipinski definition) is 4. The van der Waals surface area contributed by atoms with Gasteiger partial charge in [0.2, 0.25) is 11.8 Å². The molecule has 1 atom stereocenters. The summed E-state index contributed by atoms with van der Waals surface area (Å²) in [5.41, 5.74) is 4.14. The van der Waals surface area contributed by atoms with Gasteiger partial charge in [0.15, 0.2) is 0 Å². The van der Waals surface area contributed by atoms with Crippen LogP contribution in [0, 0.1) is 13.8 Å². The number of hydrogen-bond donors (Lipinski definition) is 2. The van der Waals surface area contributed by atoms with Crippen LogP contribution in [0.25, 0.3) is 0 Å². The topological polar surface area (TPSA) is 67.4 Å². The van der Waals surface area contributed by atoms with E-state index in [1.807, 2.05) is 20.8 Å². The number of anilines is 1. The van der Waals surface area contributed by atoms with Gasteiger partial charge in [-0.05, 0) is 56.2 Å². The van der Waals surface area contributed by atoms with Crippen LogP contribution in [0.1, 0.15) is 29.7 Å². The average Bonchev–Trinajstić information content (AvgIpc) is 2.64. The molecule has 0 bridgehead atoms. The van der Waals surface area contributed by atoms with Crippen LogP contribution in [0.4, 0.5) is 5.69 Å². The van der Waals surface area contributed by atoms with Gasteiger partial charge in [-0.1, -0.05) is 23.8 Å². The summed E-state index contributed by atoms with van der Waals surface area (Å²) in [6.45, 7) is 6.05. The van der Waals surface area contributed by atoms with Crippen molar-refractivity contribution in [1.82, 2.24) is 5.32 Å². The van der Waals surface area contributed by atoms with Crippen LogP contribution >= 0.6 is 11.8 Å². The molecule has 5 nitrogen and oxygen atoms in total. The molecule has 2 aromatic carbocycles. The molecule has 0 aliphatic heterocycles. The first-order valence-electron chi connectivity index (χ1n) is 8.77. The number of methoxy groups -OCH3 is 1. The van der Waals surface area contributed by atoms with E-state index in [-0.39, 0.29) is 29.4 Å². The van der Waals surface area contributed by atoms with E-state index in [0.717, 1.165) is 16.9 Å². The number of ether oxygens (including phenoxy) is 1. The van der Waals surface area contributed by atoms with Crippen molar-refractivity contribution in [1.29, 1.82) is 0 Å². The molecule has 0 radical (unpaired) electrons. The Morgan fingerprint density at radius 2 is 1.70 bits per heavy atom. The molecule has 1 unspecified atom stereocenters. The van der Waals surface area contributed by atoms with Gasteiger partial charge in [-0.25, -0.2) is 0 Å². The Hall–Kier alpha value is -2.47. The molecule has 2 N–H and O–H groups in total. The molecule has 27 heavy (non-hydrogen) atoms. The quantitative estimate of drug-likeness (QED) is 0.723. The third kappa shape index (κ3) is 6.64. The number of aryl methyl sites for hydroxylation is 2. The number of benzene rings is 2. The molecule has 0 aliphatic carbocycles. The van der Waals surface area contributed by atoms with E-state index < -0.39 is 0 Å². The van der Waals surface area contributed by atoms with Gasteiger partial charge < -0.3 is 15.4 Å². The molecular formula is C21H26N2O3S. The molecule has 0 saturated heterocycles. The van der Waals surface area contributed by atoms with Crippen LogP contribution in [0.15, 0.2) is 42.5 Å². The Balaban J connectivity index is 1.74. The van der Waals surface area contributed by atoms with E-state index in [0.29, 0.717) is 5.69 Å². The molecule has 144 valence electrons. The highest BCUT2D eigenvalue weighted by atomic mass is 32.2. The lowest BCUT2D eigenvalue weighted by molar-refractivity contribution is -0.119. The maximum absolute atomic E-state index is 12.2. The first kappa shape index (κ1) is 20.8. The highest BCUT2D eigenvalue weighted by Crippen LogP contribution is 2.19. The molecule has 2 amide bonds. The second-order valence-electron chi connectivity index (χ2n) is 6.42. The van der Waals surface area contributed by atoms with Gasteiger partial charge in [0, 0.05) is 5.69 Å². The molecule has 0 saturated carbocycles. The maximum Gasteiger partial charge on any atom is 0.234 e. The fourth-order valence-corrected chi connectivity index (χ4v) is 3.32. The van der Waals surface area contributed by atoms with Crippen molar-refractivity contribution in [2.24, 2.45) is 0 Å².